The van der Waals surface area contributed by atoms with E-state index in [9.17, 15) is 0 Å². The van der Waals surface area contributed by atoms with E-state index < -0.39 is 0 Å². The number of para-hydroxylation sites is 1. The number of nitrogens with zero attached hydrogens (tertiary/aromatic N) is 2. The van der Waals surface area contributed by atoms with Crippen molar-refractivity contribution in [3.63, 3.8) is 0 Å². The fourth-order valence-electron chi connectivity index (χ4n) is 3.22. The topological polar surface area (TPSA) is 28.2 Å². The highest BCUT2D eigenvalue weighted by molar-refractivity contribution is 5.81. The first kappa shape index (κ1) is 14.5. The van der Waals surface area contributed by atoms with E-state index >= 15 is 0 Å². The third-order valence-electron chi connectivity index (χ3n) is 4.51. The molecule has 3 rings (SSSR count). The van der Waals surface area contributed by atoms with Crippen LogP contribution in [0.3, 0.4) is 0 Å². The van der Waals surface area contributed by atoms with Crippen molar-refractivity contribution < 1.29 is 0 Å². The zero-order chi connectivity index (χ0) is 14.7. The Morgan fingerprint density at radius 2 is 2.14 bits per heavy atom. The monoisotopic (exact) mass is 283 g/mol. The van der Waals surface area contributed by atoms with Crippen LogP contribution in [0.4, 0.5) is 0 Å². The van der Waals surface area contributed by atoms with Gasteiger partial charge in [0.15, 0.2) is 0 Å². The number of benzene rings is 1. The summed E-state index contributed by atoms with van der Waals surface area (Å²) >= 11 is 0. The van der Waals surface area contributed by atoms with Gasteiger partial charge in [0.25, 0.3) is 0 Å². The fourth-order valence-corrected chi connectivity index (χ4v) is 3.22. The highest BCUT2D eigenvalue weighted by atomic mass is 15.2. The minimum absolute atomic E-state index is 0.678. The van der Waals surface area contributed by atoms with Gasteiger partial charge in [-0.2, -0.15) is 0 Å². The van der Waals surface area contributed by atoms with Crippen LogP contribution in [0.25, 0.3) is 10.9 Å². The van der Waals surface area contributed by atoms with Crippen LogP contribution in [0.15, 0.2) is 36.5 Å². The van der Waals surface area contributed by atoms with E-state index in [0.717, 1.165) is 24.5 Å². The molecule has 0 saturated carbocycles. The van der Waals surface area contributed by atoms with Crippen LogP contribution in [-0.4, -0.2) is 35.6 Å². The van der Waals surface area contributed by atoms with Crippen molar-refractivity contribution in [3.05, 3.63) is 42.1 Å². The van der Waals surface area contributed by atoms with Gasteiger partial charge in [-0.15, -0.1) is 0 Å². The van der Waals surface area contributed by atoms with Gasteiger partial charge in [-0.25, -0.2) is 0 Å². The van der Waals surface area contributed by atoms with Crippen molar-refractivity contribution in [1.82, 2.24) is 15.2 Å². The Morgan fingerprint density at radius 3 is 2.95 bits per heavy atom. The highest BCUT2D eigenvalue weighted by Gasteiger charge is 2.23. The van der Waals surface area contributed by atoms with E-state index in [1.165, 1.54) is 30.5 Å². The van der Waals surface area contributed by atoms with Gasteiger partial charge in [0, 0.05) is 30.7 Å². The number of hydrogen-bond acceptors (Lipinski definition) is 3. The summed E-state index contributed by atoms with van der Waals surface area (Å²) in [6, 6.07) is 11.2. The maximum atomic E-state index is 4.52. The summed E-state index contributed by atoms with van der Waals surface area (Å²) in [5.74, 6) is 0.787. The minimum atomic E-state index is 0.678. The first-order valence-corrected chi connectivity index (χ1v) is 8.01. The number of hydrogen-bond donors (Lipinski definition) is 1. The van der Waals surface area contributed by atoms with Crippen molar-refractivity contribution in [1.29, 1.82) is 0 Å². The van der Waals surface area contributed by atoms with E-state index in [1.807, 2.05) is 12.3 Å². The van der Waals surface area contributed by atoms with Crippen LogP contribution >= 0.6 is 0 Å². The maximum absolute atomic E-state index is 4.52. The van der Waals surface area contributed by atoms with Gasteiger partial charge < -0.3 is 10.2 Å². The van der Waals surface area contributed by atoms with Gasteiger partial charge in [0.2, 0.25) is 0 Å². The second-order valence-corrected chi connectivity index (χ2v) is 6.37. The van der Waals surface area contributed by atoms with Gasteiger partial charge in [0.05, 0.1) is 5.52 Å². The molecule has 1 fully saturated rings. The van der Waals surface area contributed by atoms with Crippen LogP contribution in [0, 0.1) is 5.92 Å². The van der Waals surface area contributed by atoms with Crippen molar-refractivity contribution in [2.24, 2.45) is 5.92 Å². The van der Waals surface area contributed by atoms with Crippen molar-refractivity contribution in [3.8, 4) is 0 Å². The quantitative estimate of drug-likeness (QED) is 0.914. The van der Waals surface area contributed by atoms with Crippen LogP contribution in [0.1, 0.15) is 25.8 Å². The number of nitrogens with one attached hydrogen (secondary N) is 1. The van der Waals surface area contributed by atoms with E-state index in [0.29, 0.717) is 6.04 Å². The third-order valence-corrected chi connectivity index (χ3v) is 4.51. The Balaban J connectivity index is 1.56. The van der Waals surface area contributed by atoms with Gasteiger partial charge in [-0.1, -0.05) is 24.3 Å². The first-order chi connectivity index (χ1) is 10.2. The lowest BCUT2D eigenvalue weighted by molar-refractivity contribution is 0.264. The van der Waals surface area contributed by atoms with Crippen LogP contribution < -0.4 is 5.32 Å². The average Bonchev–Trinajstić information content (AvgIpc) is 2.97. The van der Waals surface area contributed by atoms with Crippen molar-refractivity contribution >= 4 is 10.9 Å². The molecule has 1 aromatic heterocycles. The van der Waals surface area contributed by atoms with E-state index in [2.05, 4.69) is 53.3 Å². The molecule has 1 saturated heterocycles. The summed E-state index contributed by atoms with van der Waals surface area (Å²) in [5.41, 5.74) is 2.43. The summed E-state index contributed by atoms with van der Waals surface area (Å²) in [4.78, 5) is 7.09. The Kier molecular flexibility index (Phi) is 4.51. The first-order valence-electron chi connectivity index (χ1n) is 8.01. The molecule has 1 atom stereocenters. The molecule has 3 heteroatoms. The summed E-state index contributed by atoms with van der Waals surface area (Å²) in [7, 11) is 0. The van der Waals surface area contributed by atoms with Gasteiger partial charge in [-0.05, 0) is 50.9 Å². The highest BCUT2D eigenvalue weighted by Crippen LogP contribution is 2.19. The minimum Gasteiger partial charge on any atom is -0.312 e. The molecule has 21 heavy (non-hydrogen) atoms. The van der Waals surface area contributed by atoms with Crippen LogP contribution in [0.2, 0.25) is 0 Å². The molecular formula is C18H25N3. The number of fused-ring (bicyclic) bond motifs is 1. The second kappa shape index (κ2) is 6.54. The second-order valence-electron chi connectivity index (χ2n) is 6.37. The molecule has 1 N–H and O–H groups in total. The average molecular weight is 283 g/mol. The molecule has 0 radical (unpaired) electrons. The molecule has 3 nitrogen and oxygen atoms in total. The van der Waals surface area contributed by atoms with Crippen molar-refractivity contribution in [2.45, 2.75) is 32.9 Å². The molecule has 1 aliphatic rings. The largest absolute Gasteiger partial charge is 0.312 e. The Labute approximate surface area is 127 Å². The summed E-state index contributed by atoms with van der Waals surface area (Å²) in [6.45, 7) is 9.08. The lowest BCUT2D eigenvalue weighted by atomic mass is 10.1. The van der Waals surface area contributed by atoms with Crippen LogP contribution in [0.5, 0.6) is 0 Å². The van der Waals surface area contributed by atoms with E-state index in [4.69, 9.17) is 0 Å². The molecular weight excluding hydrogens is 258 g/mol. The molecule has 1 unspecified atom stereocenters. The number of likely N-dealkylation sites (tertiary alicyclic amines) is 1. The molecule has 112 valence electrons. The Hall–Kier alpha value is -1.45. The smallest absolute Gasteiger partial charge is 0.0746 e. The molecule has 0 spiro atoms. The molecule has 2 aromatic rings. The van der Waals surface area contributed by atoms with E-state index in [1.54, 1.807) is 0 Å². The van der Waals surface area contributed by atoms with E-state index in [-0.39, 0.29) is 0 Å². The normalized spacial score (nSPS) is 19.7. The zero-order valence-corrected chi connectivity index (χ0v) is 13.0. The molecule has 1 aromatic carbocycles. The third kappa shape index (κ3) is 3.42. The summed E-state index contributed by atoms with van der Waals surface area (Å²) in [5, 5.41) is 4.85. The number of aromatic nitrogens is 1. The van der Waals surface area contributed by atoms with Crippen molar-refractivity contribution in [2.75, 3.05) is 19.6 Å². The molecule has 0 aliphatic carbocycles. The van der Waals surface area contributed by atoms with Crippen LogP contribution in [-0.2, 0) is 6.54 Å². The summed E-state index contributed by atoms with van der Waals surface area (Å²) in [6.07, 6.45) is 3.20. The Morgan fingerprint density at radius 1 is 1.29 bits per heavy atom. The number of pyridine rings is 1. The SMILES string of the molecule is CC(C)N1CCC(CNCc2cccc3cccnc23)C1. The predicted molar refractivity (Wildman–Crippen MR) is 88.3 cm³/mol. The molecule has 0 bridgehead atoms. The summed E-state index contributed by atoms with van der Waals surface area (Å²) < 4.78 is 0. The standard InChI is InChI=1S/C18H25N3/c1-14(2)21-10-8-15(13-21)11-19-12-17-6-3-5-16-7-4-9-20-18(16)17/h3-7,9,14-15,19H,8,10-13H2,1-2H3. The zero-order valence-electron chi connectivity index (χ0n) is 13.0. The maximum Gasteiger partial charge on any atom is 0.0746 e. The molecule has 1 aliphatic heterocycles. The molecule has 0 amide bonds. The lowest BCUT2D eigenvalue weighted by Gasteiger charge is -2.20. The molecule has 2 heterocycles. The van der Waals surface area contributed by atoms with Gasteiger partial charge in [0.1, 0.15) is 0 Å². The Bertz CT molecular complexity index is 589. The fraction of sp³-hybridized carbons (Fsp3) is 0.500. The van der Waals surface area contributed by atoms with Gasteiger partial charge >= 0.3 is 0 Å². The number of rotatable bonds is 5. The van der Waals surface area contributed by atoms with Gasteiger partial charge in [-0.3, -0.25) is 4.98 Å². The lowest BCUT2D eigenvalue weighted by Crippen LogP contribution is -2.30. The predicted octanol–water partition coefficient (Wildman–Crippen LogP) is 3.05.